The Bertz CT molecular complexity index is 379. The molecule has 0 aromatic carbocycles. The third-order valence-electron chi connectivity index (χ3n) is 3.20. The van der Waals surface area contributed by atoms with Gasteiger partial charge in [-0.15, -0.1) is 5.10 Å². The molecule has 1 aliphatic rings. The second-order valence-corrected chi connectivity index (χ2v) is 5.72. The average Bonchev–Trinajstić information content (AvgIpc) is 2.89. The molecule has 1 fully saturated rings. The molecular formula is C12H20N4OS. The minimum atomic E-state index is 0.0259. The Balaban J connectivity index is 1.88. The van der Waals surface area contributed by atoms with E-state index in [0.717, 1.165) is 26.1 Å². The summed E-state index contributed by atoms with van der Waals surface area (Å²) in [6, 6.07) is 0.499. The summed E-state index contributed by atoms with van der Waals surface area (Å²) < 4.78 is 3.75. The molecule has 1 aromatic rings. The van der Waals surface area contributed by atoms with Gasteiger partial charge >= 0.3 is 0 Å². The summed E-state index contributed by atoms with van der Waals surface area (Å²) in [6.07, 6.45) is 2.27. The Kier molecular flexibility index (Phi) is 4.66. The maximum atomic E-state index is 12.2. The zero-order valence-electron chi connectivity index (χ0n) is 10.9. The van der Waals surface area contributed by atoms with Crippen molar-refractivity contribution in [2.75, 3.05) is 19.6 Å². The smallest absolute Gasteiger partial charge is 0.275 e. The Morgan fingerprint density at radius 2 is 2.50 bits per heavy atom. The fraction of sp³-hybridized carbons (Fsp3) is 0.750. The average molecular weight is 268 g/mol. The minimum Gasteiger partial charge on any atom is -0.337 e. The molecule has 18 heavy (non-hydrogen) atoms. The summed E-state index contributed by atoms with van der Waals surface area (Å²) in [5, 5.41) is 9.02. The Morgan fingerprint density at radius 3 is 3.17 bits per heavy atom. The lowest BCUT2D eigenvalue weighted by molar-refractivity contribution is 0.0666. The molecule has 1 N–H and O–H groups in total. The van der Waals surface area contributed by atoms with Crippen LogP contribution in [0.25, 0.3) is 0 Å². The van der Waals surface area contributed by atoms with Crippen molar-refractivity contribution in [3.8, 4) is 0 Å². The van der Waals surface area contributed by atoms with Gasteiger partial charge in [0.1, 0.15) is 0 Å². The SMILES string of the molecule is CC(C)NCC1CCCN(C(=O)c2csnn2)C1. The molecule has 0 saturated carbocycles. The van der Waals surface area contributed by atoms with Gasteiger partial charge in [0.05, 0.1) is 0 Å². The number of carbonyl (C=O) groups excluding carboxylic acids is 1. The van der Waals surface area contributed by atoms with Crippen molar-refractivity contribution in [3.63, 3.8) is 0 Å². The lowest BCUT2D eigenvalue weighted by atomic mass is 9.97. The van der Waals surface area contributed by atoms with Crippen molar-refractivity contribution in [1.82, 2.24) is 19.8 Å². The molecule has 100 valence electrons. The van der Waals surface area contributed by atoms with Crippen LogP contribution in [0, 0.1) is 5.92 Å². The van der Waals surface area contributed by atoms with Crippen LogP contribution in [-0.2, 0) is 0 Å². The molecule has 1 aliphatic heterocycles. The van der Waals surface area contributed by atoms with Gasteiger partial charge in [0.2, 0.25) is 0 Å². The largest absolute Gasteiger partial charge is 0.337 e. The van der Waals surface area contributed by atoms with Crippen LogP contribution in [0.2, 0.25) is 0 Å². The Morgan fingerprint density at radius 1 is 1.67 bits per heavy atom. The maximum Gasteiger partial charge on any atom is 0.275 e. The number of hydrogen-bond donors (Lipinski definition) is 1. The molecule has 1 unspecified atom stereocenters. The second kappa shape index (κ2) is 6.24. The molecule has 0 radical (unpaired) electrons. The van der Waals surface area contributed by atoms with Crippen molar-refractivity contribution in [2.45, 2.75) is 32.7 Å². The highest BCUT2D eigenvalue weighted by Crippen LogP contribution is 2.18. The Hall–Kier alpha value is -1.01. The summed E-state index contributed by atoms with van der Waals surface area (Å²) in [4.78, 5) is 14.1. The highest BCUT2D eigenvalue weighted by molar-refractivity contribution is 7.03. The van der Waals surface area contributed by atoms with E-state index in [9.17, 15) is 4.79 Å². The highest BCUT2D eigenvalue weighted by atomic mass is 32.1. The molecule has 1 amide bonds. The summed E-state index contributed by atoms with van der Waals surface area (Å²) in [6.45, 7) is 6.95. The van der Waals surface area contributed by atoms with E-state index in [0.29, 0.717) is 17.7 Å². The quantitative estimate of drug-likeness (QED) is 0.896. The van der Waals surface area contributed by atoms with Crippen LogP contribution in [0.15, 0.2) is 5.38 Å². The molecule has 1 saturated heterocycles. The third-order valence-corrected chi connectivity index (χ3v) is 3.70. The van der Waals surface area contributed by atoms with Crippen LogP contribution >= 0.6 is 11.5 Å². The minimum absolute atomic E-state index is 0.0259. The van der Waals surface area contributed by atoms with Crippen LogP contribution in [-0.4, -0.2) is 46.1 Å². The normalized spacial score (nSPS) is 20.4. The highest BCUT2D eigenvalue weighted by Gasteiger charge is 2.25. The predicted octanol–water partition coefficient (Wildman–Crippen LogP) is 1.39. The molecule has 1 atom stereocenters. The van der Waals surface area contributed by atoms with Crippen LogP contribution in [0.3, 0.4) is 0 Å². The van der Waals surface area contributed by atoms with Gasteiger partial charge in [-0.2, -0.15) is 0 Å². The molecule has 0 spiro atoms. The van der Waals surface area contributed by atoms with E-state index in [1.807, 2.05) is 4.90 Å². The zero-order chi connectivity index (χ0) is 13.0. The number of amides is 1. The van der Waals surface area contributed by atoms with Crippen LogP contribution in [0.1, 0.15) is 37.2 Å². The monoisotopic (exact) mass is 268 g/mol. The maximum absolute atomic E-state index is 12.2. The molecule has 2 heterocycles. The molecule has 0 aliphatic carbocycles. The number of hydrogen-bond acceptors (Lipinski definition) is 5. The van der Waals surface area contributed by atoms with Gasteiger partial charge in [-0.05, 0) is 36.8 Å². The van der Waals surface area contributed by atoms with Crippen molar-refractivity contribution in [2.24, 2.45) is 5.92 Å². The summed E-state index contributed by atoms with van der Waals surface area (Å²) >= 11 is 1.23. The summed E-state index contributed by atoms with van der Waals surface area (Å²) in [5.41, 5.74) is 0.484. The van der Waals surface area contributed by atoms with E-state index in [4.69, 9.17) is 0 Å². The van der Waals surface area contributed by atoms with Gasteiger partial charge in [0, 0.05) is 24.5 Å². The number of aromatic nitrogens is 2. The standard InChI is InChI=1S/C12H20N4OS/c1-9(2)13-6-10-4-3-5-16(7-10)12(17)11-8-18-15-14-11/h8-10,13H,3-7H2,1-2H3. The molecule has 5 nitrogen and oxygen atoms in total. The van der Waals surface area contributed by atoms with E-state index in [-0.39, 0.29) is 5.91 Å². The van der Waals surface area contributed by atoms with Crippen molar-refractivity contribution in [1.29, 1.82) is 0 Å². The van der Waals surface area contributed by atoms with E-state index in [1.165, 1.54) is 18.0 Å². The van der Waals surface area contributed by atoms with Crippen molar-refractivity contribution >= 4 is 17.4 Å². The van der Waals surface area contributed by atoms with Gasteiger partial charge in [-0.3, -0.25) is 4.79 Å². The molecule has 6 heteroatoms. The number of nitrogens with one attached hydrogen (secondary N) is 1. The number of rotatable bonds is 4. The van der Waals surface area contributed by atoms with E-state index in [1.54, 1.807) is 5.38 Å². The first-order valence-corrected chi connectivity index (χ1v) is 7.30. The lowest BCUT2D eigenvalue weighted by Crippen LogP contribution is -2.43. The molecule has 2 rings (SSSR count). The topological polar surface area (TPSA) is 58.1 Å². The number of carbonyl (C=O) groups is 1. The second-order valence-electron chi connectivity index (χ2n) is 5.11. The van der Waals surface area contributed by atoms with E-state index in [2.05, 4.69) is 28.8 Å². The van der Waals surface area contributed by atoms with Crippen molar-refractivity contribution in [3.05, 3.63) is 11.1 Å². The first-order valence-electron chi connectivity index (χ1n) is 6.46. The van der Waals surface area contributed by atoms with Gasteiger partial charge in [-0.25, -0.2) is 0 Å². The first kappa shape index (κ1) is 13.4. The number of likely N-dealkylation sites (tertiary alicyclic amines) is 1. The number of piperidine rings is 1. The van der Waals surface area contributed by atoms with E-state index >= 15 is 0 Å². The lowest BCUT2D eigenvalue weighted by Gasteiger charge is -2.32. The fourth-order valence-corrected chi connectivity index (χ4v) is 2.67. The molecular weight excluding hydrogens is 248 g/mol. The summed E-state index contributed by atoms with van der Waals surface area (Å²) in [7, 11) is 0. The fourth-order valence-electron chi connectivity index (χ4n) is 2.24. The number of nitrogens with zero attached hydrogens (tertiary/aromatic N) is 3. The van der Waals surface area contributed by atoms with Gasteiger partial charge in [-0.1, -0.05) is 18.3 Å². The van der Waals surface area contributed by atoms with Crippen LogP contribution in [0.4, 0.5) is 0 Å². The van der Waals surface area contributed by atoms with Gasteiger partial charge in [0.15, 0.2) is 5.69 Å². The van der Waals surface area contributed by atoms with E-state index < -0.39 is 0 Å². The van der Waals surface area contributed by atoms with Crippen molar-refractivity contribution < 1.29 is 4.79 Å². The molecule has 0 bridgehead atoms. The predicted molar refractivity (Wildman–Crippen MR) is 71.7 cm³/mol. The molecule has 1 aromatic heterocycles. The Labute approximate surface area is 112 Å². The van der Waals surface area contributed by atoms with Gasteiger partial charge in [0.25, 0.3) is 5.91 Å². The first-order chi connectivity index (χ1) is 8.66. The van der Waals surface area contributed by atoms with Crippen LogP contribution < -0.4 is 5.32 Å². The van der Waals surface area contributed by atoms with Crippen LogP contribution in [0.5, 0.6) is 0 Å². The third kappa shape index (κ3) is 3.49. The summed E-state index contributed by atoms with van der Waals surface area (Å²) in [5.74, 6) is 0.578. The van der Waals surface area contributed by atoms with Gasteiger partial charge < -0.3 is 10.2 Å². The zero-order valence-corrected chi connectivity index (χ0v) is 11.7.